The summed E-state index contributed by atoms with van der Waals surface area (Å²) in [5.74, 6) is -1.42. The average Bonchev–Trinajstić information content (AvgIpc) is 2.72. The second-order valence-electron chi connectivity index (χ2n) is 6.50. The summed E-state index contributed by atoms with van der Waals surface area (Å²) in [4.78, 5) is 12.8. The molecule has 0 saturated carbocycles. The van der Waals surface area contributed by atoms with Crippen LogP contribution in [0.15, 0.2) is 89.7 Å². The number of aromatic nitrogens is 1. The highest BCUT2D eigenvalue weighted by molar-refractivity contribution is 5.74. The zero-order chi connectivity index (χ0) is 19.7. The summed E-state index contributed by atoms with van der Waals surface area (Å²) < 4.78 is 31.2. The maximum atomic E-state index is 14.7. The third-order valence-corrected chi connectivity index (χ3v) is 4.74. The first-order valence-corrected chi connectivity index (χ1v) is 8.90. The van der Waals surface area contributed by atoms with Crippen molar-refractivity contribution in [2.24, 2.45) is 0 Å². The highest BCUT2D eigenvalue weighted by Crippen LogP contribution is 2.34. The van der Waals surface area contributed by atoms with Crippen LogP contribution in [0.4, 0.5) is 8.78 Å². The first-order valence-electron chi connectivity index (χ1n) is 8.90. The van der Waals surface area contributed by atoms with Gasteiger partial charge in [-0.25, -0.2) is 8.78 Å². The molecule has 0 atom stereocenters. The summed E-state index contributed by atoms with van der Waals surface area (Å²) in [7, 11) is 0. The first-order chi connectivity index (χ1) is 13.6. The summed E-state index contributed by atoms with van der Waals surface area (Å²) in [6.07, 6.45) is 0. The number of hydrogen-bond donors (Lipinski definition) is 0. The van der Waals surface area contributed by atoms with Crippen molar-refractivity contribution in [1.82, 2.24) is 4.57 Å². The molecule has 0 aliphatic rings. The summed E-state index contributed by atoms with van der Waals surface area (Å²) in [5.41, 5.74) is 2.08. The van der Waals surface area contributed by atoms with Crippen LogP contribution in [0.3, 0.4) is 0 Å². The molecule has 0 bridgehead atoms. The molecule has 0 aliphatic heterocycles. The molecule has 4 rings (SSSR count). The van der Waals surface area contributed by atoms with Crippen LogP contribution in [0.1, 0.15) is 5.56 Å². The standard InChI is InChI=1S/C24H17F2NO/c1-16-22(28)15-21(17-9-4-2-5-10-17)27(18-11-6-3-7-12-18)24(16)23-19(25)13-8-14-20(23)26/h2-15H,1H3. The van der Waals surface area contributed by atoms with E-state index in [-0.39, 0.29) is 22.2 Å². The van der Waals surface area contributed by atoms with E-state index in [0.29, 0.717) is 11.4 Å². The topological polar surface area (TPSA) is 22.0 Å². The molecule has 0 fully saturated rings. The molecule has 0 aliphatic carbocycles. The van der Waals surface area contributed by atoms with Crippen molar-refractivity contribution in [2.45, 2.75) is 6.92 Å². The van der Waals surface area contributed by atoms with Crippen molar-refractivity contribution in [2.75, 3.05) is 0 Å². The van der Waals surface area contributed by atoms with E-state index < -0.39 is 11.6 Å². The van der Waals surface area contributed by atoms with Gasteiger partial charge in [-0.05, 0) is 36.8 Å². The Kier molecular flexibility index (Phi) is 4.62. The van der Waals surface area contributed by atoms with Gasteiger partial charge in [-0.2, -0.15) is 0 Å². The van der Waals surface area contributed by atoms with E-state index in [2.05, 4.69) is 0 Å². The van der Waals surface area contributed by atoms with E-state index in [9.17, 15) is 13.6 Å². The lowest BCUT2D eigenvalue weighted by Crippen LogP contribution is -2.16. The molecular formula is C24H17F2NO. The van der Waals surface area contributed by atoms with Gasteiger partial charge in [0.25, 0.3) is 0 Å². The van der Waals surface area contributed by atoms with Crippen LogP contribution >= 0.6 is 0 Å². The van der Waals surface area contributed by atoms with Gasteiger partial charge in [0.1, 0.15) is 11.6 Å². The first kappa shape index (κ1) is 17.9. The van der Waals surface area contributed by atoms with E-state index in [4.69, 9.17) is 0 Å². The number of halogens is 2. The maximum absolute atomic E-state index is 14.7. The van der Waals surface area contributed by atoms with Gasteiger partial charge in [-0.3, -0.25) is 4.79 Å². The minimum absolute atomic E-state index is 0.210. The molecule has 2 nitrogen and oxygen atoms in total. The third kappa shape index (κ3) is 3.03. The lowest BCUT2D eigenvalue weighted by Gasteiger charge is -2.22. The van der Waals surface area contributed by atoms with E-state index in [1.807, 2.05) is 60.7 Å². The largest absolute Gasteiger partial charge is 0.309 e. The number of benzene rings is 3. The van der Waals surface area contributed by atoms with E-state index in [0.717, 1.165) is 5.56 Å². The van der Waals surface area contributed by atoms with Crippen LogP contribution in [0.25, 0.3) is 28.2 Å². The van der Waals surface area contributed by atoms with Crippen LogP contribution in [-0.4, -0.2) is 4.57 Å². The Labute approximate surface area is 161 Å². The lowest BCUT2D eigenvalue weighted by molar-refractivity contribution is 0.587. The minimum atomic E-state index is -0.711. The van der Waals surface area contributed by atoms with Crippen LogP contribution in [0.2, 0.25) is 0 Å². The number of nitrogens with zero attached hydrogens (tertiary/aromatic N) is 1. The molecule has 4 aromatic rings. The van der Waals surface area contributed by atoms with Crippen molar-refractivity contribution >= 4 is 0 Å². The Morgan fingerprint density at radius 1 is 0.750 bits per heavy atom. The zero-order valence-electron chi connectivity index (χ0n) is 15.2. The predicted molar refractivity (Wildman–Crippen MR) is 108 cm³/mol. The molecule has 0 spiro atoms. The van der Waals surface area contributed by atoms with Gasteiger partial charge in [0.15, 0.2) is 5.43 Å². The fourth-order valence-electron chi connectivity index (χ4n) is 3.39. The summed E-state index contributed by atoms with van der Waals surface area (Å²) >= 11 is 0. The molecule has 0 amide bonds. The Morgan fingerprint density at radius 3 is 1.93 bits per heavy atom. The van der Waals surface area contributed by atoms with Gasteiger partial charge in [0, 0.05) is 17.3 Å². The van der Waals surface area contributed by atoms with Gasteiger partial charge in [0.2, 0.25) is 0 Å². The molecule has 138 valence electrons. The molecule has 3 aromatic carbocycles. The van der Waals surface area contributed by atoms with E-state index >= 15 is 0 Å². The fraction of sp³-hybridized carbons (Fsp3) is 0.0417. The van der Waals surface area contributed by atoms with Crippen molar-refractivity contribution in [3.8, 4) is 28.2 Å². The number of para-hydroxylation sites is 1. The van der Waals surface area contributed by atoms with Crippen LogP contribution in [0, 0.1) is 18.6 Å². The third-order valence-electron chi connectivity index (χ3n) is 4.74. The molecule has 0 radical (unpaired) electrons. The average molecular weight is 373 g/mol. The van der Waals surface area contributed by atoms with Crippen molar-refractivity contribution < 1.29 is 8.78 Å². The SMILES string of the molecule is Cc1c(-c2c(F)cccc2F)n(-c2ccccc2)c(-c2ccccc2)cc1=O. The lowest BCUT2D eigenvalue weighted by atomic mass is 10.0. The molecule has 28 heavy (non-hydrogen) atoms. The minimum Gasteiger partial charge on any atom is -0.309 e. The monoisotopic (exact) mass is 373 g/mol. The molecule has 1 aromatic heterocycles. The smallest absolute Gasteiger partial charge is 0.185 e. The summed E-state index contributed by atoms with van der Waals surface area (Å²) in [6, 6.07) is 23.8. The quantitative estimate of drug-likeness (QED) is 0.448. The Hall–Kier alpha value is -3.53. The predicted octanol–water partition coefficient (Wildman–Crippen LogP) is 5.76. The summed E-state index contributed by atoms with van der Waals surface area (Å²) in [5, 5.41) is 0. The molecule has 4 heteroatoms. The molecular weight excluding hydrogens is 356 g/mol. The second-order valence-corrected chi connectivity index (χ2v) is 6.50. The van der Waals surface area contributed by atoms with Crippen LogP contribution < -0.4 is 5.43 Å². The molecule has 1 heterocycles. The van der Waals surface area contributed by atoms with Gasteiger partial charge < -0.3 is 4.57 Å². The normalized spacial score (nSPS) is 10.8. The van der Waals surface area contributed by atoms with Crippen molar-refractivity contribution in [3.05, 3.63) is 112 Å². The highest BCUT2D eigenvalue weighted by Gasteiger charge is 2.22. The van der Waals surface area contributed by atoms with E-state index in [1.165, 1.54) is 24.3 Å². The number of rotatable bonds is 3. The molecule has 0 unspecified atom stereocenters. The van der Waals surface area contributed by atoms with Gasteiger partial charge in [-0.1, -0.05) is 54.6 Å². The number of pyridine rings is 1. The van der Waals surface area contributed by atoms with E-state index in [1.54, 1.807) is 11.5 Å². The second kappa shape index (κ2) is 7.24. The fourth-order valence-corrected chi connectivity index (χ4v) is 3.39. The van der Waals surface area contributed by atoms with Crippen LogP contribution in [-0.2, 0) is 0 Å². The number of hydrogen-bond acceptors (Lipinski definition) is 1. The zero-order valence-corrected chi connectivity index (χ0v) is 15.2. The Balaban J connectivity index is 2.20. The highest BCUT2D eigenvalue weighted by atomic mass is 19.1. The molecule has 0 saturated heterocycles. The van der Waals surface area contributed by atoms with Gasteiger partial charge >= 0.3 is 0 Å². The van der Waals surface area contributed by atoms with Crippen molar-refractivity contribution in [1.29, 1.82) is 0 Å². The van der Waals surface area contributed by atoms with Gasteiger partial charge in [-0.15, -0.1) is 0 Å². The van der Waals surface area contributed by atoms with Crippen molar-refractivity contribution in [3.63, 3.8) is 0 Å². The van der Waals surface area contributed by atoms with Crippen LogP contribution in [0.5, 0.6) is 0 Å². The molecule has 0 N–H and O–H groups in total. The Bertz CT molecular complexity index is 1180. The Morgan fingerprint density at radius 2 is 1.32 bits per heavy atom. The van der Waals surface area contributed by atoms with Gasteiger partial charge in [0.05, 0.1) is 17.0 Å². The maximum Gasteiger partial charge on any atom is 0.185 e. The summed E-state index contributed by atoms with van der Waals surface area (Å²) in [6.45, 7) is 1.60.